The van der Waals surface area contributed by atoms with E-state index in [1.165, 1.54) is 4.90 Å². The largest absolute Gasteiger partial charge is 0.480 e. The minimum atomic E-state index is -1.20. The molecule has 3 amide bonds. The van der Waals surface area contributed by atoms with Gasteiger partial charge in [-0.25, -0.2) is 4.79 Å². The maximum atomic E-state index is 14.0. The van der Waals surface area contributed by atoms with Crippen LogP contribution in [0.1, 0.15) is 70.8 Å². The number of carboxylic acids is 1. The average Bonchev–Trinajstić information content (AvgIpc) is 3.61. The van der Waals surface area contributed by atoms with E-state index >= 15 is 0 Å². The second-order valence-corrected chi connectivity index (χ2v) is 11.9. The van der Waals surface area contributed by atoms with Gasteiger partial charge in [0, 0.05) is 36.6 Å². The molecule has 1 aromatic carbocycles. The van der Waals surface area contributed by atoms with E-state index < -0.39 is 47.9 Å². The molecule has 9 N–H and O–H groups in total. The summed E-state index contributed by atoms with van der Waals surface area (Å²) in [4.78, 5) is 60.6. The van der Waals surface area contributed by atoms with Crippen molar-refractivity contribution < 1.29 is 29.4 Å². The summed E-state index contributed by atoms with van der Waals surface area (Å²) in [6, 6.07) is 4.58. The van der Waals surface area contributed by atoms with Crippen LogP contribution < -0.4 is 22.1 Å². The molecule has 44 heavy (non-hydrogen) atoms. The Hall–Kier alpha value is -4.13. The molecule has 2 heterocycles. The quantitative estimate of drug-likeness (QED) is 0.0784. The van der Waals surface area contributed by atoms with Crippen molar-refractivity contribution in [3.63, 3.8) is 0 Å². The predicted molar refractivity (Wildman–Crippen MR) is 167 cm³/mol. The van der Waals surface area contributed by atoms with Gasteiger partial charge in [0.2, 0.25) is 17.7 Å². The lowest BCUT2D eigenvalue weighted by molar-refractivity contribution is -0.145. The third kappa shape index (κ3) is 10.2. The van der Waals surface area contributed by atoms with Gasteiger partial charge in [-0.15, -0.1) is 0 Å². The second-order valence-electron chi connectivity index (χ2n) is 11.9. The number of aromatic nitrogens is 1. The van der Waals surface area contributed by atoms with E-state index in [1.807, 2.05) is 24.3 Å². The molecule has 1 aliphatic heterocycles. The number of carbonyl (C=O) groups excluding carboxylic acids is 3. The van der Waals surface area contributed by atoms with Gasteiger partial charge in [0.05, 0.1) is 12.5 Å². The van der Waals surface area contributed by atoms with Gasteiger partial charge in [0.1, 0.15) is 18.1 Å². The molecule has 1 fully saturated rings. The first-order chi connectivity index (χ1) is 21.0. The van der Waals surface area contributed by atoms with E-state index in [1.54, 1.807) is 6.20 Å². The number of fused-ring (bicyclic) bond motifs is 1. The van der Waals surface area contributed by atoms with Crippen molar-refractivity contribution in [3.8, 4) is 0 Å². The van der Waals surface area contributed by atoms with Crippen LogP contribution in [0.3, 0.4) is 0 Å². The molecule has 13 nitrogen and oxygen atoms in total. The molecular formula is C31H47N7O6. The van der Waals surface area contributed by atoms with Crippen LogP contribution in [-0.4, -0.2) is 87.1 Å². The van der Waals surface area contributed by atoms with Crippen molar-refractivity contribution in [1.29, 1.82) is 0 Å². The molecule has 3 rings (SSSR count). The lowest BCUT2D eigenvalue weighted by Gasteiger charge is -2.29. The molecule has 1 aromatic heterocycles. The van der Waals surface area contributed by atoms with Crippen molar-refractivity contribution in [2.24, 2.45) is 22.4 Å². The zero-order valence-electron chi connectivity index (χ0n) is 25.6. The number of nitrogens with one attached hydrogen (secondary N) is 3. The number of hydrogen-bond donors (Lipinski definition) is 7. The number of aliphatic hydroxyl groups excluding tert-OH is 1. The standard InChI is InChI=1S/C31H47N7O6/c1-19(2)8-5-9-21(39)17-27(40)36-25(16-20-18-35-23-11-4-3-10-22(20)23)29(42)38-15-7-13-26(38)28(41)37-24(30(43)44)12-6-14-34-31(32)33/h3-4,10-11,18-19,21,24-26,35,39H,5-9,12-17H2,1-2H3,(H,36,40)(H,37,41)(H,43,44)(H4,32,33,34)/t21-,24-,25+,26-/m0/s1. The molecule has 0 unspecified atom stereocenters. The number of para-hydroxylation sites is 1. The van der Waals surface area contributed by atoms with Gasteiger partial charge < -0.3 is 42.2 Å². The number of aliphatic hydroxyl groups is 1. The van der Waals surface area contributed by atoms with E-state index in [0.717, 1.165) is 29.3 Å². The fourth-order valence-corrected chi connectivity index (χ4v) is 5.58. The van der Waals surface area contributed by atoms with Crippen molar-refractivity contribution in [2.75, 3.05) is 13.1 Å². The fourth-order valence-electron chi connectivity index (χ4n) is 5.58. The highest BCUT2D eigenvalue weighted by Gasteiger charge is 2.39. The number of aromatic amines is 1. The summed E-state index contributed by atoms with van der Waals surface area (Å²) in [6.07, 6.45) is 4.57. The lowest BCUT2D eigenvalue weighted by Crippen LogP contribution is -2.56. The van der Waals surface area contributed by atoms with Crippen LogP contribution >= 0.6 is 0 Å². The number of H-pyrrole nitrogens is 1. The van der Waals surface area contributed by atoms with Crippen LogP contribution in [0.5, 0.6) is 0 Å². The van der Waals surface area contributed by atoms with Crippen molar-refractivity contribution in [3.05, 3.63) is 36.0 Å². The Bertz CT molecular complexity index is 1310. The smallest absolute Gasteiger partial charge is 0.326 e. The Balaban J connectivity index is 1.74. The van der Waals surface area contributed by atoms with E-state index in [-0.39, 0.29) is 38.3 Å². The van der Waals surface area contributed by atoms with Gasteiger partial charge in [0.15, 0.2) is 5.96 Å². The topological polar surface area (TPSA) is 216 Å². The van der Waals surface area contributed by atoms with E-state index in [2.05, 4.69) is 34.5 Å². The molecule has 1 aliphatic rings. The summed E-state index contributed by atoms with van der Waals surface area (Å²) in [6.45, 7) is 4.71. The van der Waals surface area contributed by atoms with Crippen LogP contribution in [0.25, 0.3) is 10.9 Å². The number of amides is 3. The SMILES string of the molecule is CC(C)CCC[C@H](O)CC(=O)N[C@H](Cc1c[nH]c2ccccc12)C(=O)N1CCC[C@H]1C(=O)N[C@@H](CCCN=C(N)N)C(=O)O. The molecule has 0 bridgehead atoms. The van der Waals surface area contributed by atoms with Crippen LogP contribution in [-0.2, 0) is 25.6 Å². The third-order valence-corrected chi connectivity index (χ3v) is 7.87. The van der Waals surface area contributed by atoms with Crippen LogP contribution in [0, 0.1) is 5.92 Å². The molecule has 4 atom stereocenters. The molecule has 0 radical (unpaired) electrons. The molecule has 0 aliphatic carbocycles. The number of rotatable bonds is 17. The van der Waals surface area contributed by atoms with Crippen molar-refractivity contribution in [1.82, 2.24) is 20.5 Å². The van der Waals surface area contributed by atoms with Crippen molar-refractivity contribution >= 4 is 40.6 Å². The number of guanidine groups is 1. The number of aliphatic carboxylic acids is 1. The Morgan fingerprint density at radius 3 is 2.52 bits per heavy atom. The minimum Gasteiger partial charge on any atom is -0.480 e. The molecule has 242 valence electrons. The molecular weight excluding hydrogens is 566 g/mol. The highest BCUT2D eigenvalue weighted by atomic mass is 16.4. The van der Waals surface area contributed by atoms with E-state index in [0.29, 0.717) is 31.6 Å². The van der Waals surface area contributed by atoms with Crippen LogP contribution in [0.2, 0.25) is 0 Å². The number of nitrogens with two attached hydrogens (primary N) is 2. The first kappa shape index (κ1) is 34.4. The van der Waals surface area contributed by atoms with Crippen LogP contribution in [0.15, 0.2) is 35.5 Å². The van der Waals surface area contributed by atoms with Crippen molar-refractivity contribution in [2.45, 2.75) is 95.9 Å². The van der Waals surface area contributed by atoms with E-state index in [4.69, 9.17) is 11.5 Å². The normalized spacial score (nSPS) is 16.8. The Labute approximate surface area is 257 Å². The lowest BCUT2D eigenvalue weighted by atomic mass is 10.0. The van der Waals surface area contributed by atoms with Crippen LogP contribution in [0.4, 0.5) is 0 Å². The molecule has 0 spiro atoms. The fraction of sp³-hybridized carbons (Fsp3) is 0.581. The average molecular weight is 614 g/mol. The Kier molecular flexibility index (Phi) is 13.0. The Morgan fingerprint density at radius 2 is 1.82 bits per heavy atom. The molecule has 0 saturated carbocycles. The summed E-state index contributed by atoms with van der Waals surface area (Å²) < 4.78 is 0. The summed E-state index contributed by atoms with van der Waals surface area (Å²) in [5, 5.41) is 26.4. The summed E-state index contributed by atoms with van der Waals surface area (Å²) in [5.41, 5.74) is 12.3. The number of carboxylic acid groups (broad SMARTS) is 1. The molecule has 13 heteroatoms. The minimum absolute atomic E-state index is 0.101. The molecule has 1 saturated heterocycles. The number of benzene rings is 1. The van der Waals surface area contributed by atoms with Gasteiger partial charge in [-0.05, 0) is 49.7 Å². The number of likely N-dealkylation sites (tertiary alicyclic amines) is 1. The van der Waals surface area contributed by atoms with Gasteiger partial charge >= 0.3 is 5.97 Å². The van der Waals surface area contributed by atoms with Gasteiger partial charge in [-0.2, -0.15) is 0 Å². The van der Waals surface area contributed by atoms with Gasteiger partial charge in [-0.1, -0.05) is 44.9 Å². The maximum Gasteiger partial charge on any atom is 0.326 e. The monoisotopic (exact) mass is 613 g/mol. The summed E-state index contributed by atoms with van der Waals surface area (Å²) in [5.74, 6) is -2.26. The first-order valence-electron chi connectivity index (χ1n) is 15.4. The Morgan fingerprint density at radius 1 is 1.07 bits per heavy atom. The summed E-state index contributed by atoms with van der Waals surface area (Å²) in [7, 11) is 0. The van der Waals surface area contributed by atoms with Gasteiger partial charge in [-0.3, -0.25) is 19.4 Å². The molecule has 2 aromatic rings. The highest BCUT2D eigenvalue weighted by Crippen LogP contribution is 2.23. The zero-order valence-corrected chi connectivity index (χ0v) is 25.6. The maximum absolute atomic E-state index is 14.0. The number of aliphatic imine (C=N–C) groups is 1. The van der Waals surface area contributed by atoms with Gasteiger partial charge in [0.25, 0.3) is 0 Å². The first-order valence-corrected chi connectivity index (χ1v) is 15.4. The second kappa shape index (κ2) is 16.6. The summed E-state index contributed by atoms with van der Waals surface area (Å²) >= 11 is 0. The number of carbonyl (C=O) groups is 4. The van der Waals surface area contributed by atoms with E-state index in [9.17, 15) is 29.4 Å². The predicted octanol–water partition coefficient (Wildman–Crippen LogP) is 1.39. The number of nitrogens with zero attached hydrogens (tertiary/aromatic N) is 2. The highest BCUT2D eigenvalue weighted by molar-refractivity contribution is 5.94. The zero-order chi connectivity index (χ0) is 32.2. The third-order valence-electron chi connectivity index (χ3n) is 7.87. The number of hydrogen-bond acceptors (Lipinski definition) is 6.